The number of pyridine rings is 1. The van der Waals surface area contributed by atoms with Crippen LogP contribution in [0.4, 0.5) is 10.2 Å². The largest absolute Gasteiger partial charge is 0.397 e. The molecule has 2 atom stereocenters. The molecule has 2 amide bonds. The first kappa shape index (κ1) is 33.5. The van der Waals surface area contributed by atoms with Crippen LogP contribution < -0.4 is 16.0 Å². The lowest BCUT2D eigenvalue weighted by Crippen LogP contribution is -2.47. The van der Waals surface area contributed by atoms with Crippen LogP contribution in [0.25, 0.3) is 5.70 Å². The first-order valence-electron chi connectivity index (χ1n) is 15.4. The van der Waals surface area contributed by atoms with Crippen LogP contribution in [-0.4, -0.2) is 109 Å². The van der Waals surface area contributed by atoms with E-state index in [0.29, 0.717) is 30.2 Å². The van der Waals surface area contributed by atoms with E-state index in [1.165, 1.54) is 23.5 Å². The van der Waals surface area contributed by atoms with Crippen LogP contribution in [0, 0.1) is 5.82 Å². The lowest BCUT2D eigenvalue weighted by atomic mass is 10.0. The number of halogens is 2. The second-order valence-electron chi connectivity index (χ2n) is 11.7. The highest BCUT2D eigenvalue weighted by molar-refractivity contribution is 6.42. The van der Waals surface area contributed by atoms with E-state index in [1.54, 1.807) is 31.2 Å². The lowest BCUT2D eigenvalue weighted by Gasteiger charge is -2.33. The average molecular weight is 655 g/mol. The van der Waals surface area contributed by atoms with Gasteiger partial charge in [0.2, 0.25) is 5.91 Å². The fourth-order valence-electron chi connectivity index (χ4n) is 5.61. The van der Waals surface area contributed by atoms with Crippen LogP contribution in [-0.2, 0) is 16.1 Å². The second-order valence-corrected chi connectivity index (χ2v) is 12.1. The molecule has 3 aliphatic heterocycles. The number of nitrogens with zero attached hydrogens (tertiary/aromatic N) is 6. The highest BCUT2D eigenvalue weighted by Gasteiger charge is 2.35. The molecule has 12 nitrogen and oxygen atoms in total. The number of hydrogen-bond donors (Lipinski definition) is 3. The minimum absolute atomic E-state index is 0.0577. The van der Waals surface area contributed by atoms with Gasteiger partial charge in [-0.3, -0.25) is 14.6 Å². The van der Waals surface area contributed by atoms with E-state index < -0.39 is 30.4 Å². The van der Waals surface area contributed by atoms with E-state index in [1.807, 2.05) is 11.9 Å². The second kappa shape index (κ2) is 15.1. The molecule has 3 aliphatic rings. The average Bonchev–Trinajstić information content (AvgIpc) is 3.41. The van der Waals surface area contributed by atoms with Crippen LogP contribution in [0.1, 0.15) is 53.0 Å². The predicted molar refractivity (Wildman–Crippen MR) is 175 cm³/mol. The Kier molecular flexibility index (Phi) is 11.0. The SMILES string of the molecule is C[C@@H](C(=O)N[C@H](CO)c1nc(N2CCN(C)CC2)ccc1F)N1Cc2ccc(C(N)=C(Cl)C=NC=NC3CCOCC3)cc2C1=O. The first-order valence-corrected chi connectivity index (χ1v) is 15.8. The Labute approximate surface area is 272 Å². The highest BCUT2D eigenvalue weighted by Crippen LogP contribution is 2.29. The van der Waals surface area contributed by atoms with Crippen molar-refractivity contribution in [2.45, 2.75) is 44.4 Å². The summed E-state index contributed by atoms with van der Waals surface area (Å²) in [5.41, 5.74) is 8.12. The number of amides is 2. The number of nitrogens with two attached hydrogens (primary N) is 1. The highest BCUT2D eigenvalue weighted by atomic mass is 35.5. The summed E-state index contributed by atoms with van der Waals surface area (Å²) in [6, 6.07) is 6.23. The van der Waals surface area contributed by atoms with Crippen LogP contribution >= 0.6 is 11.6 Å². The maximum Gasteiger partial charge on any atom is 0.255 e. The van der Waals surface area contributed by atoms with Gasteiger partial charge in [0.15, 0.2) is 0 Å². The molecule has 246 valence electrons. The summed E-state index contributed by atoms with van der Waals surface area (Å²) in [6.07, 6.45) is 4.56. The van der Waals surface area contributed by atoms with Crippen LogP contribution in [0.2, 0.25) is 0 Å². The minimum Gasteiger partial charge on any atom is -0.397 e. The molecule has 0 saturated carbocycles. The van der Waals surface area contributed by atoms with Gasteiger partial charge in [-0.15, -0.1) is 0 Å². The number of anilines is 1. The molecule has 2 saturated heterocycles. The smallest absolute Gasteiger partial charge is 0.255 e. The Morgan fingerprint density at radius 1 is 1.24 bits per heavy atom. The van der Waals surface area contributed by atoms with E-state index in [4.69, 9.17) is 22.1 Å². The maximum absolute atomic E-state index is 14.9. The van der Waals surface area contributed by atoms with Crippen molar-refractivity contribution in [1.82, 2.24) is 20.1 Å². The monoisotopic (exact) mass is 654 g/mol. The van der Waals surface area contributed by atoms with E-state index in [-0.39, 0.29) is 34.9 Å². The van der Waals surface area contributed by atoms with E-state index in [2.05, 4.69) is 25.2 Å². The molecule has 1 aromatic carbocycles. The summed E-state index contributed by atoms with van der Waals surface area (Å²) in [5.74, 6) is -0.965. The van der Waals surface area contributed by atoms with E-state index in [0.717, 1.165) is 44.6 Å². The number of ether oxygens (including phenoxy) is 1. The van der Waals surface area contributed by atoms with E-state index >= 15 is 0 Å². The number of hydrogen-bond acceptors (Lipinski definition) is 9. The number of likely N-dealkylation sites (N-methyl/N-ethyl adjacent to an activating group) is 1. The van der Waals surface area contributed by atoms with Gasteiger partial charge in [0, 0.05) is 57.7 Å². The number of carbonyl (C=O) groups excluding carboxylic acids is 2. The number of rotatable bonds is 10. The standard InChI is InChI=1S/C32H40ClFN8O4/c1-20(31(44)38-27(18-43)30-26(34)5-6-28(39-30)41-11-9-40(2)10-12-41)42-17-22-4-3-21(15-24(22)32(42)45)29(35)25(33)16-36-19-37-23-7-13-46-14-8-23/h3-6,15-16,19-20,23,27,43H,7-14,17-18,35H2,1-2H3,(H,38,44)/t20-,27+/m0/s1. The molecule has 5 rings (SSSR count). The molecule has 0 radical (unpaired) electrons. The van der Waals surface area contributed by atoms with Crippen molar-refractivity contribution in [3.63, 3.8) is 0 Å². The predicted octanol–water partition coefficient (Wildman–Crippen LogP) is 2.31. The fraction of sp³-hybridized carbons (Fsp3) is 0.469. The molecule has 0 bridgehead atoms. The first-order chi connectivity index (χ1) is 22.2. The van der Waals surface area contributed by atoms with Crippen molar-refractivity contribution >= 4 is 47.5 Å². The summed E-state index contributed by atoms with van der Waals surface area (Å²) in [7, 11) is 2.03. The van der Waals surface area contributed by atoms with Crippen molar-refractivity contribution in [3.05, 3.63) is 63.6 Å². The zero-order valence-corrected chi connectivity index (χ0v) is 26.8. The third kappa shape index (κ3) is 7.72. The molecule has 4 heterocycles. The molecule has 0 unspecified atom stereocenters. The molecule has 0 aliphatic carbocycles. The van der Waals surface area contributed by atoms with Crippen LogP contribution in [0.15, 0.2) is 45.3 Å². The Morgan fingerprint density at radius 2 is 1.98 bits per heavy atom. The molecular weight excluding hydrogens is 615 g/mol. The van der Waals surface area contributed by atoms with E-state index in [9.17, 15) is 19.1 Å². The van der Waals surface area contributed by atoms with Gasteiger partial charge in [0.25, 0.3) is 5.91 Å². The van der Waals surface area contributed by atoms with Gasteiger partial charge in [-0.2, -0.15) is 0 Å². The maximum atomic E-state index is 14.9. The van der Waals surface area contributed by atoms with Gasteiger partial charge in [0.1, 0.15) is 29.7 Å². The van der Waals surface area contributed by atoms with Gasteiger partial charge in [0.05, 0.1) is 29.4 Å². The van der Waals surface area contributed by atoms with Crippen molar-refractivity contribution in [1.29, 1.82) is 0 Å². The third-order valence-corrected chi connectivity index (χ3v) is 8.90. The normalized spacial score (nSPS) is 19.9. The van der Waals surface area contributed by atoms with Gasteiger partial charge in [-0.1, -0.05) is 23.7 Å². The molecule has 2 aromatic rings. The molecule has 0 spiro atoms. The molecule has 1 aromatic heterocycles. The zero-order valence-electron chi connectivity index (χ0n) is 26.0. The Bertz CT molecular complexity index is 1520. The van der Waals surface area contributed by atoms with Crippen molar-refractivity contribution in [3.8, 4) is 0 Å². The van der Waals surface area contributed by atoms with Crippen LogP contribution in [0.5, 0.6) is 0 Å². The topological polar surface area (TPSA) is 149 Å². The van der Waals surface area contributed by atoms with Crippen molar-refractivity contribution in [2.75, 3.05) is 57.9 Å². The summed E-state index contributed by atoms with van der Waals surface area (Å²) in [6.45, 7) is 5.73. The van der Waals surface area contributed by atoms with Gasteiger partial charge < -0.3 is 35.6 Å². The van der Waals surface area contributed by atoms with Crippen LogP contribution in [0.3, 0.4) is 0 Å². The molecule has 4 N–H and O–H groups in total. The number of fused-ring (bicyclic) bond motifs is 1. The fourth-order valence-corrected chi connectivity index (χ4v) is 5.78. The summed E-state index contributed by atoms with van der Waals surface area (Å²) < 4.78 is 20.2. The number of nitrogens with one attached hydrogen (secondary N) is 1. The number of aliphatic imine (C=N–C) groups is 2. The Balaban J connectivity index is 1.24. The minimum atomic E-state index is -1.09. The summed E-state index contributed by atoms with van der Waals surface area (Å²) >= 11 is 6.40. The Morgan fingerprint density at radius 3 is 2.70 bits per heavy atom. The van der Waals surface area contributed by atoms with Gasteiger partial charge in [-0.05, 0) is 56.1 Å². The third-order valence-electron chi connectivity index (χ3n) is 8.59. The number of allylic oxidation sites excluding steroid dienone is 1. The summed E-state index contributed by atoms with van der Waals surface area (Å²) in [5, 5.41) is 13.0. The number of piperazine rings is 1. The molecule has 14 heteroatoms. The number of aromatic nitrogens is 1. The summed E-state index contributed by atoms with van der Waals surface area (Å²) in [4.78, 5) is 45.4. The Hall–Kier alpha value is -3.91. The van der Waals surface area contributed by atoms with Gasteiger partial charge in [-0.25, -0.2) is 14.4 Å². The molecule has 2 fully saturated rings. The molecule has 46 heavy (non-hydrogen) atoms. The quantitative estimate of drug-likeness (QED) is 0.261. The van der Waals surface area contributed by atoms with Gasteiger partial charge >= 0.3 is 0 Å². The molecular formula is C32H40ClFN8O4. The number of benzene rings is 1. The zero-order chi connectivity index (χ0) is 32.8. The number of carbonyl (C=O) groups is 2. The van der Waals surface area contributed by atoms with Crippen molar-refractivity contribution in [2.24, 2.45) is 15.7 Å². The number of aliphatic hydroxyl groups is 1. The van der Waals surface area contributed by atoms with Crippen molar-refractivity contribution < 1.29 is 23.8 Å². The number of aliphatic hydroxyl groups excluding tert-OH is 1. The lowest BCUT2D eigenvalue weighted by molar-refractivity contribution is -0.126.